The highest BCUT2D eigenvalue weighted by atomic mass is 35.5. The molecule has 25 heavy (non-hydrogen) atoms. The third kappa shape index (κ3) is 4.40. The van der Waals surface area contributed by atoms with Crippen LogP contribution in [0.25, 0.3) is 6.08 Å². The molecule has 0 amide bonds. The Bertz CT molecular complexity index is 658. The highest BCUT2D eigenvalue weighted by molar-refractivity contribution is 6.56. The van der Waals surface area contributed by atoms with Crippen molar-refractivity contribution in [2.24, 2.45) is 0 Å². The third-order valence-electron chi connectivity index (χ3n) is 4.60. The minimum Gasteiger partial charge on any atom is -0.400 e. The number of hydrogen-bond donors (Lipinski definition) is 1. The predicted octanol–water partition coefficient (Wildman–Crippen LogP) is 4.59. The van der Waals surface area contributed by atoms with E-state index in [1.54, 1.807) is 13.1 Å². The molecule has 1 aliphatic heterocycles. The van der Waals surface area contributed by atoms with Gasteiger partial charge in [0.2, 0.25) is 0 Å². The normalized spacial score (nSPS) is 20.2. The molecule has 0 spiro atoms. The molecule has 1 aromatic carbocycles. The largest absolute Gasteiger partial charge is 0.491 e. The molecule has 1 saturated heterocycles. The van der Waals surface area contributed by atoms with E-state index in [9.17, 15) is 13.2 Å². The van der Waals surface area contributed by atoms with Gasteiger partial charge < -0.3 is 14.6 Å². The van der Waals surface area contributed by atoms with Crippen LogP contribution in [0.1, 0.15) is 38.8 Å². The van der Waals surface area contributed by atoms with E-state index in [0.717, 1.165) is 12.1 Å². The molecule has 0 atom stereocenters. The number of halogens is 4. The fourth-order valence-corrected chi connectivity index (χ4v) is 2.60. The second-order valence-electron chi connectivity index (χ2n) is 7.07. The van der Waals surface area contributed by atoms with Crippen LogP contribution in [0.15, 0.2) is 23.7 Å². The van der Waals surface area contributed by atoms with E-state index >= 15 is 0 Å². The maximum Gasteiger partial charge on any atom is 0.491 e. The summed E-state index contributed by atoms with van der Waals surface area (Å²) in [5.41, 5.74) is -0.885. The lowest BCUT2D eigenvalue weighted by Crippen LogP contribution is -2.41. The number of benzene rings is 1. The molecule has 1 heterocycles. The molecule has 0 bridgehead atoms. The average molecular weight is 376 g/mol. The zero-order chi connectivity index (χ0) is 19.0. The van der Waals surface area contributed by atoms with Crippen LogP contribution in [0.2, 0.25) is 5.02 Å². The maximum atomic E-state index is 13.0. The molecule has 0 saturated carbocycles. The van der Waals surface area contributed by atoms with Crippen LogP contribution in [-0.4, -0.2) is 31.9 Å². The van der Waals surface area contributed by atoms with Crippen molar-refractivity contribution in [1.29, 1.82) is 0 Å². The van der Waals surface area contributed by atoms with E-state index in [1.165, 1.54) is 6.07 Å². The first-order valence-corrected chi connectivity index (χ1v) is 8.32. The lowest BCUT2D eigenvalue weighted by atomic mass is 9.77. The molecular weight excluding hydrogens is 353 g/mol. The summed E-state index contributed by atoms with van der Waals surface area (Å²) in [6, 6.07) is 3.24. The minimum absolute atomic E-state index is 0.234. The molecule has 1 N–H and O–H groups in total. The van der Waals surface area contributed by atoms with Crippen LogP contribution in [0, 0.1) is 0 Å². The summed E-state index contributed by atoms with van der Waals surface area (Å²) >= 11 is 6.10. The number of nitrogens with one attached hydrogen (secondary N) is 1. The average Bonchev–Trinajstić information content (AvgIpc) is 2.68. The molecule has 3 nitrogen and oxygen atoms in total. The van der Waals surface area contributed by atoms with Gasteiger partial charge in [-0.25, -0.2) is 0 Å². The van der Waals surface area contributed by atoms with Gasteiger partial charge in [-0.2, -0.15) is 13.2 Å². The Hall–Kier alpha value is -1.02. The SMILES string of the molecule is CNCC(=Cc1cc(C(F)(F)F)ccc1Cl)B1OC(C)(C)C(C)(C)O1. The van der Waals surface area contributed by atoms with Crippen molar-refractivity contribution in [1.82, 2.24) is 5.32 Å². The Morgan fingerprint density at radius 2 is 1.76 bits per heavy atom. The molecular formula is C17H22BClF3NO2. The first-order chi connectivity index (χ1) is 11.4. The van der Waals surface area contributed by atoms with Gasteiger partial charge in [-0.15, -0.1) is 0 Å². The summed E-state index contributed by atoms with van der Waals surface area (Å²) in [7, 11) is 1.08. The van der Waals surface area contributed by atoms with Gasteiger partial charge in [0.05, 0.1) is 16.8 Å². The van der Waals surface area contributed by atoms with Gasteiger partial charge in [-0.1, -0.05) is 17.7 Å². The van der Waals surface area contributed by atoms with Gasteiger partial charge in [-0.05, 0) is 64.0 Å². The van der Waals surface area contributed by atoms with Gasteiger partial charge >= 0.3 is 13.3 Å². The molecule has 0 unspecified atom stereocenters. The van der Waals surface area contributed by atoms with Gasteiger partial charge in [0.15, 0.2) is 0 Å². The second kappa shape index (κ2) is 6.95. The topological polar surface area (TPSA) is 30.5 Å². The lowest BCUT2D eigenvalue weighted by molar-refractivity contribution is -0.137. The summed E-state index contributed by atoms with van der Waals surface area (Å²) in [5.74, 6) is 0. The predicted molar refractivity (Wildman–Crippen MR) is 94.4 cm³/mol. The summed E-state index contributed by atoms with van der Waals surface area (Å²) in [6.07, 6.45) is -2.84. The van der Waals surface area contributed by atoms with E-state index in [1.807, 2.05) is 27.7 Å². The zero-order valence-corrected chi connectivity index (χ0v) is 15.7. The summed E-state index contributed by atoms with van der Waals surface area (Å²) in [4.78, 5) is 0. The van der Waals surface area contributed by atoms with E-state index < -0.39 is 30.1 Å². The Morgan fingerprint density at radius 3 is 2.24 bits per heavy atom. The van der Waals surface area contributed by atoms with Gasteiger partial charge in [-0.3, -0.25) is 0 Å². The van der Waals surface area contributed by atoms with Gasteiger partial charge in [0.1, 0.15) is 0 Å². The molecule has 8 heteroatoms. The van der Waals surface area contributed by atoms with Crippen molar-refractivity contribution in [3.63, 3.8) is 0 Å². The Kier molecular flexibility index (Phi) is 5.64. The van der Waals surface area contributed by atoms with Gasteiger partial charge in [0.25, 0.3) is 0 Å². The van der Waals surface area contributed by atoms with Crippen molar-refractivity contribution in [3.8, 4) is 0 Å². The van der Waals surface area contributed by atoms with Crippen molar-refractivity contribution >= 4 is 24.8 Å². The molecule has 138 valence electrons. The molecule has 1 fully saturated rings. The standard InChI is InChI=1S/C17H22BClF3NO2/c1-15(2)16(3,4)25-18(24-15)13(10-23-5)9-11-8-12(17(20,21)22)6-7-14(11)19/h6-9,23H,10H2,1-5H3. The van der Waals surface area contributed by atoms with E-state index in [2.05, 4.69) is 5.32 Å². The van der Waals surface area contributed by atoms with E-state index in [0.29, 0.717) is 12.0 Å². The van der Waals surface area contributed by atoms with Crippen LogP contribution in [0.4, 0.5) is 13.2 Å². The fraction of sp³-hybridized carbons (Fsp3) is 0.529. The first kappa shape index (κ1) is 20.3. The highest BCUT2D eigenvalue weighted by Crippen LogP contribution is 2.39. The fourth-order valence-electron chi connectivity index (χ4n) is 2.43. The van der Waals surface area contributed by atoms with Crippen LogP contribution < -0.4 is 5.32 Å². The maximum absolute atomic E-state index is 13.0. The number of likely N-dealkylation sites (N-methyl/N-ethyl adjacent to an activating group) is 1. The number of rotatable bonds is 4. The smallest absolute Gasteiger partial charge is 0.400 e. The second-order valence-corrected chi connectivity index (χ2v) is 7.48. The van der Waals surface area contributed by atoms with Crippen LogP contribution in [-0.2, 0) is 15.5 Å². The Labute approximate surface area is 151 Å². The molecule has 1 aromatic rings. The highest BCUT2D eigenvalue weighted by Gasteiger charge is 2.52. The summed E-state index contributed by atoms with van der Waals surface area (Å²) in [5, 5.41) is 3.22. The van der Waals surface area contributed by atoms with Gasteiger partial charge in [0, 0.05) is 11.6 Å². The van der Waals surface area contributed by atoms with Crippen molar-refractivity contribution < 1.29 is 22.5 Å². The molecule has 0 aromatic heterocycles. The minimum atomic E-state index is -4.43. The molecule has 1 aliphatic rings. The monoisotopic (exact) mass is 375 g/mol. The molecule has 0 radical (unpaired) electrons. The Balaban J connectivity index is 2.42. The number of alkyl halides is 3. The van der Waals surface area contributed by atoms with E-state index in [-0.39, 0.29) is 10.6 Å². The van der Waals surface area contributed by atoms with Crippen molar-refractivity contribution in [3.05, 3.63) is 39.8 Å². The summed E-state index contributed by atoms with van der Waals surface area (Å²) < 4.78 is 50.9. The quantitative estimate of drug-likeness (QED) is 0.781. The van der Waals surface area contributed by atoms with Crippen LogP contribution in [0.3, 0.4) is 0 Å². The van der Waals surface area contributed by atoms with Crippen molar-refractivity contribution in [2.75, 3.05) is 13.6 Å². The third-order valence-corrected chi connectivity index (χ3v) is 4.95. The first-order valence-electron chi connectivity index (χ1n) is 7.95. The summed E-state index contributed by atoms with van der Waals surface area (Å²) in [6.45, 7) is 8.06. The van der Waals surface area contributed by atoms with Crippen LogP contribution in [0.5, 0.6) is 0 Å². The molecule has 0 aliphatic carbocycles. The zero-order valence-electron chi connectivity index (χ0n) is 14.9. The van der Waals surface area contributed by atoms with Crippen LogP contribution >= 0.6 is 11.6 Å². The van der Waals surface area contributed by atoms with E-state index in [4.69, 9.17) is 20.9 Å². The lowest BCUT2D eigenvalue weighted by Gasteiger charge is -2.32. The number of hydrogen-bond acceptors (Lipinski definition) is 3. The van der Waals surface area contributed by atoms with Crippen molar-refractivity contribution in [2.45, 2.75) is 45.1 Å². The molecule has 2 rings (SSSR count). The Morgan fingerprint density at radius 1 is 1.20 bits per heavy atom.